The summed E-state index contributed by atoms with van der Waals surface area (Å²) in [5.41, 5.74) is 0. The summed E-state index contributed by atoms with van der Waals surface area (Å²) in [7, 11) is 0. The lowest BCUT2D eigenvalue weighted by Crippen LogP contribution is -2.41. The molecule has 2 unspecified atom stereocenters. The molecule has 0 saturated carbocycles. The molecule has 0 aromatic heterocycles. The van der Waals surface area contributed by atoms with Crippen LogP contribution in [-0.2, 0) is 4.74 Å². The monoisotopic (exact) mass is 269 g/mol. The van der Waals surface area contributed by atoms with Gasteiger partial charge in [0.15, 0.2) is 0 Å². The summed E-state index contributed by atoms with van der Waals surface area (Å²) in [4.78, 5) is 0. The smallest absolute Gasteiger partial charge is 0.0612 e. The van der Waals surface area contributed by atoms with Crippen LogP contribution in [-0.4, -0.2) is 25.3 Å². The lowest BCUT2D eigenvalue weighted by atomic mass is 9.95. The van der Waals surface area contributed by atoms with Crippen molar-refractivity contribution in [2.75, 3.05) is 13.2 Å². The topological polar surface area (TPSA) is 21.3 Å². The standard InChI is InChI=1S/C17H35NO/c1-14(2)9-7-5-6-8-11-18-16-10-12-19-17(13-16)15(3)4/h14-18H,5-13H2,1-4H3. The van der Waals surface area contributed by atoms with Gasteiger partial charge in [-0.3, -0.25) is 0 Å². The largest absolute Gasteiger partial charge is 0.378 e. The molecule has 1 N–H and O–H groups in total. The van der Waals surface area contributed by atoms with Crippen LogP contribution in [0.4, 0.5) is 0 Å². The number of hydrogen-bond donors (Lipinski definition) is 1. The van der Waals surface area contributed by atoms with Gasteiger partial charge in [-0.2, -0.15) is 0 Å². The van der Waals surface area contributed by atoms with Crippen LogP contribution in [0, 0.1) is 11.8 Å². The first-order chi connectivity index (χ1) is 9.09. The molecule has 0 bridgehead atoms. The minimum absolute atomic E-state index is 0.470. The zero-order valence-electron chi connectivity index (χ0n) is 13.6. The average Bonchev–Trinajstić information content (AvgIpc) is 2.37. The third-order valence-corrected chi connectivity index (χ3v) is 4.20. The molecular formula is C17H35NO. The van der Waals surface area contributed by atoms with E-state index in [-0.39, 0.29) is 0 Å². The zero-order valence-corrected chi connectivity index (χ0v) is 13.6. The van der Waals surface area contributed by atoms with E-state index >= 15 is 0 Å². The second-order valence-corrected chi connectivity index (χ2v) is 6.93. The molecule has 114 valence electrons. The van der Waals surface area contributed by atoms with E-state index in [1.165, 1.54) is 51.5 Å². The lowest BCUT2D eigenvalue weighted by molar-refractivity contribution is -0.0242. The molecular weight excluding hydrogens is 234 g/mol. The van der Waals surface area contributed by atoms with Gasteiger partial charge in [-0.15, -0.1) is 0 Å². The molecule has 1 saturated heterocycles. The maximum atomic E-state index is 5.81. The molecule has 0 amide bonds. The van der Waals surface area contributed by atoms with Crippen molar-refractivity contribution in [3.8, 4) is 0 Å². The summed E-state index contributed by atoms with van der Waals surface area (Å²) in [6.45, 7) is 11.3. The molecule has 2 nitrogen and oxygen atoms in total. The van der Waals surface area contributed by atoms with Crippen LogP contribution < -0.4 is 5.32 Å². The van der Waals surface area contributed by atoms with Gasteiger partial charge in [0.2, 0.25) is 0 Å². The fraction of sp³-hybridized carbons (Fsp3) is 1.00. The first kappa shape index (κ1) is 17.0. The first-order valence-corrected chi connectivity index (χ1v) is 8.44. The van der Waals surface area contributed by atoms with Gasteiger partial charge < -0.3 is 10.1 Å². The van der Waals surface area contributed by atoms with Crippen LogP contribution >= 0.6 is 0 Å². The van der Waals surface area contributed by atoms with Gasteiger partial charge in [0.05, 0.1) is 6.10 Å². The molecule has 1 aliphatic heterocycles. The molecule has 0 aliphatic carbocycles. The Bertz CT molecular complexity index is 215. The number of hydrogen-bond acceptors (Lipinski definition) is 2. The fourth-order valence-electron chi connectivity index (χ4n) is 2.82. The van der Waals surface area contributed by atoms with E-state index < -0.39 is 0 Å². The van der Waals surface area contributed by atoms with Crippen LogP contribution in [0.1, 0.15) is 72.6 Å². The summed E-state index contributed by atoms with van der Waals surface area (Å²) >= 11 is 0. The summed E-state index contributed by atoms with van der Waals surface area (Å²) in [5, 5.41) is 3.73. The molecule has 0 aromatic carbocycles. The Kier molecular flexibility index (Phi) is 8.72. The minimum Gasteiger partial charge on any atom is -0.378 e. The highest BCUT2D eigenvalue weighted by molar-refractivity contribution is 4.78. The third kappa shape index (κ3) is 7.94. The van der Waals surface area contributed by atoms with Crippen molar-refractivity contribution in [1.82, 2.24) is 5.32 Å². The quantitative estimate of drug-likeness (QED) is 0.627. The van der Waals surface area contributed by atoms with Crippen molar-refractivity contribution in [2.24, 2.45) is 11.8 Å². The molecule has 1 heterocycles. The highest BCUT2D eigenvalue weighted by Gasteiger charge is 2.24. The summed E-state index contributed by atoms with van der Waals surface area (Å²) < 4.78 is 5.81. The van der Waals surface area contributed by atoms with E-state index in [0.717, 1.165) is 12.5 Å². The van der Waals surface area contributed by atoms with Crippen LogP contribution in [0.3, 0.4) is 0 Å². The molecule has 1 fully saturated rings. The Balaban J connectivity index is 1.97. The first-order valence-electron chi connectivity index (χ1n) is 8.44. The number of ether oxygens (including phenoxy) is 1. The SMILES string of the molecule is CC(C)CCCCCCNC1CCOC(C(C)C)C1. The number of unbranched alkanes of at least 4 members (excludes halogenated alkanes) is 3. The van der Waals surface area contributed by atoms with Crippen LogP contribution in [0.15, 0.2) is 0 Å². The molecule has 0 aromatic rings. The Labute approximate surface area is 120 Å². The molecule has 2 heteroatoms. The molecule has 19 heavy (non-hydrogen) atoms. The Morgan fingerprint density at radius 1 is 1.05 bits per heavy atom. The van der Waals surface area contributed by atoms with E-state index in [4.69, 9.17) is 4.74 Å². The van der Waals surface area contributed by atoms with Gasteiger partial charge in [0.25, 0.3) is 0 Å². The van der Waals surface area contributed by atoms with E-state index in [0.29, 0.717) is 18.1 Å². The van der Waals surface area contributed by atoms with E-state index in [2.05, 4.69) is 33.0 Å². The minimum atomic E-state index is 0.470. The second kappa shape index (κ2) is 9.77. The van der Waals surface area contributed by atoms with Gasteiger partial charge in [-0.05, 0) is 37.6 Å². The van der Waals surface area contributed by atoms with Gasteiger partial charge in [-0.25, -0.2) is 0 Å². The maximum Gasteiger partial charge on any atom is 0.0612 e. The normalized spacial score (nSPS) is 24.3. The fourth-order valence-corrected chi connectivity index (χ4v) is 2.82. The van der Waals surface area contributed by atoms with Crippen LogP contribution in [0.25, 0.3) is 0 Å². The van der Waals surface area contributed by atoms with E-state index in [1.54, 1.807) is 0 Å². The maximum absolute atomic E-state index is 5.81. The second-order valence-electron chi connectivity index (χ2n) is 6.93. The van der Waals surface area contributed by atoms with Crippen molar-refractivity contribution >= 4 is 0 Å². The summed E-state index contributed by atoms with van der Waals surface area (Å²) in [6, 6.07) is 0.691. The predicted octanol–water partition coefficient (Wildman–Crippen LogP) is 4.39. The van der Waals surface area contributed by atoms with Crippen LogP contribution in [0.5, 0.6) is 0 Å². The Morgan fingerprint density at radius 3 is 2.47 bits per heavy atom. The Hall–Kier alpha value is -0.0800. The van der Waals surface area contributed by atoms with Crippen LogP contribution in [0.2, 0.25) is 0 Å². The van der Waals surface area contributed by atoms with Gasteiger partial charge in [0.1, 0.15) is 0 Å². The summed E-state index contributed by atoms with van der Waals surface area (Å²) in [5.74, 6) is 1.52. The zero-order chi connectivity index (χ0) is 14.1. The number of rotatable bonds is 9. The van der Waals surface area contributed by atoms with Gasteiger partial charge >= 0.3 is 0 Å². The highest BCUT2D eigenvalue weighted by atomic mass is 16.5. The lowest BCUT2D eigenvalue weighted by Gasteiger charge is -2.32. The van der Waals surface area contributed by atoms with E-state index in [9.17, 15) is 0 Å². The van der Waals surface area contributed by atoms with Gasteiger partial charge in [-0.1, -0.05) is 53.4 Å². The molecule has 0 radical (unpaired) electrons. The van der Waals surface area contributed by atoms with E-state index in [1.807, 2.05) is 0 Å². The Morgan fingerprint density at radius 2 is 1.79 bits per heavy atom. The average molecular weight is 269 g/mol. The van der Waals surface area contributed by atoms with Crippen molar-refractivity contribution in [2.45, 2.75) is 84.8 Å². The highest BCUT2D eigenvalue weighted by Crippen LogP contribution is 2.20. The predicted molar refractivity (Wildman–Crippen MR) is 83.5 cm³/mol. The van der Waals surface area contributed by atoms with Gasteiger partial charge in [0, 0.05) is 12.6 Å². The molecule has 1 rings (SSSR count). The van der Waals surface area contributed by atoms with Crippen molar-refractivity contribution < 1.29 is 4.74 Å². The number of nitrogens with one attached hydrogen (secondary N) is 1. The molecule has 0 spiro atoms. The molecule has 1 aliphatic rings. The molecule has 2 atom stereocenters. The third-order valence-electron chi connectivity index (χ3n) is 4.20. The van der Waals surface area contributed by atoms with Crippen molar-refractivity contribution in [3.05, 3.63) is 0 Å². The van der Waals surface area contributed by atoms with Crippen molar-refractivity contribution in [1.29, 1.82) is 0 Å². The van der Waals surface area contributed by atoms with Crippen molar-refractivity contribution in [3.63, 3.8) is 0 Å². The summed E-state index contributed by atoms with van der Waals surface area (Å²) in [6.07, 6.45) is 9.79.